The van der Waals surface area contributed by atoms with Crippen molar-refractivity contribution in [1.29, 1.82) is 0 Å². The van der Waals surface area contributed by atoms with Crippen molar-refractivity contribution in [1.82, 2.24) is 19.5 Å². The third-order valence-corrected chi connectivity index (χ3v) is 3.35. The average Bonchev–Trinajstić information content (AvgIpc) is 3.04. The lowest BCUT2D eigenvalue weighted by atomic mass is 10.0. The summed E-state index contributed by atoms with van der Waals surface area (Å²) in [5.41, 5.74) is 14.4. The zero-order valence-corrected chi connectivity index (χ0v) is 10.4. The van der Waals surface area contributed by atoms with Crippen molar-refractivity contribution in [3.05, 3.63) is 23.1 Å². The molecule has 10 heteroatoms. The van der Waals surface area contributed by atoms with Crippen molar-refractivity contribution < 1.29 is 9.84 Å². The molecule has 1 fully saturated rings. The van der Waals surface area contributed by atoms with E-state index in [0.717, 1.165) is 0 Å². The zero-order chi connectivity index (χ0) is 14.2. The predicted octanol–water partition coefficient (Wildman–Crippen LogP) is 0.369. The Hall–Kier alpha value is -2.42. The van der Waals surface area contributed by atoms with Crippen LogP contribution in [-0.4, -0.2) is 43.4 Å². The highest BCUT2D eigenvalue weighted by atomic mass is 16.5. The fraction of sp³-hybridized carbons (Fsp3) is 0.500. The van der Waals surface area contributed by atoms with Gasteiger partial charge in [-0.1, -0.05) is 5.11 Å². The maximum atomic E-state index is 9.40. The molecule has 0 unspecified atom stereocenters. The van der Waals surface area contributed by atoms with Crippen LogP contribution in [0, 0.1) is 0 Å². The van der Waals surface area contributed by atoms with Crippen LogP contribution in [0.15, 0.2) is 17.8 Å². The Morgan fingerprint density at radius 1 is 1.60 bits per heavy atom. The monoisotopic (exact) mass is 276 g/mol. The van der Waals surface area contributed by atoms with Gasteiger partial charge >= 0.3 is 0 Å². The molecule has 0 radical (unpaired) electrons. The van der Waals surface area contributed by atoms with Gasteiger partial charge in [-0.25, -0.2) is 15.0 Å². The number of aliphatic hydroxyl groups excluding tert-OH is 1. The first-order valence-electron chi connectivity index (χ1n) is 5.91. The number of fused-ring (bicyclic) bond motifs is 1. The number of nitrogens with two attached hydrogens (primary N) is 1. The van der Waals surface area contributed by atoms with Crippen LogP contribution in [0.2, 0.25) is 0 Å². The SMILES string of the molecule is [N-]=[N+]=N[C@@]1(CO)CO[C@H](n2cnc3c(N)ncnc32)C1. The number of rotatable bonds is 3. The second-order valence-electron chi connectivity index (χ2n) is 4.62. The first kappa shape index (κ1) is 12.6. The molecule has 1 aliphatic rings. The van der Waals surface area contributed by atoms with Crippen molar-refractivity contribution >= 4 is 17.0 Å². The van der Waals surface area contributed by atoms with Crippen LogP contribution < -0.4 is 5.73 Å². The molecule has 2 atom stereocenters. The molecule has 2 aromatic heterocycles. The smallest absolute Gasteiger partial charge is 0.167 e. The average molecular weight is 276 g/mol. The highest BCUT2D eigenvalue weighted by Crippen LogP contribution is 2.35. The summed E-state index contributed by atoms with van der Waals surface area (Å²) in [7, 11) is 0. The highest BCUT2D eigenvalue weighted by Gasteiger charge is 2.40. The Labute approximate surface area is 112 Å². The molecule has 0 aromatic carbocycles. The maximum absolute atomic E-state index is 9.40. The third kappa shape index (κ3) is 1.83. The number of nitrogen functional groups attached to an aromatic ring is 1. The zero-order valence-electron chi connectivity index (χ0n) is 10.4. The summed E-state index contributed by atoms with van der Waals surface area (Å²) in [5.74, 6) is 0.287. The normalized spacial score (nSPS) is 25.8. The molecular formula is C10H12N8O2. The van der Waals surface area contributed by atoms with E-state index < -0.39 is 11.8 Å². The van der Waals surface area contributed by atoms with E-state index in [-0.39, 0.29) is 19.0 Å². The van der Waals surface area contributed by atoms with Gasteiger partial charge in [0, 0.05) is 11.3 Å². The second-order valence-corrected chi connectivity index (χ2v) is 4.62. The topological polar surface area (TPSA) is 148 Å². The van der Waals surface area contributed by atoms with E-state index in [4.69, 9.17) is 16.0 Å². The second kappa shape index (κ2) is 4.60. The predicted molar refractivity (Wildman–Crippen MR) is 68.3 cm³/mol. The Morgan fingerprint density at radius 2 is 2.45 bits per heavy atom. The molecule has 3 heterocycles. The molecular weight excluding hydrogens is 264 g/mol. The molecule has 0 amide bonds. The summed E-state index contributed by atoms with van der Waals surface area (Å²) in [6.45, 7) is -0.143. The van der Waals surface area contributed by atoms with Gasteiger partial charge in [0.15, 0.2) is 11.5 Å². The summed E-state index contributed by atoms with van der Waals surface area (Å²) in [4.78, 5) is 14.9. The van der Waals surface area contributed by atoms with Crippen LogP contribution in [0.25, 0.3) is 21.6 Å². The number of hydrogen-bond donors (Lipinski definition) is 2. The van der Waals surface area contributed by atoms with Crippen molar-refractivity contribution in [3.8, 4) is 0 Å². The van der Waals surface area contributed by atoms with Crippen molar-refractivity contribution in [2.24, 2.45) is 5.11 Å². The highest BCUT2D eigenvalue weighted by molar-refractivity contribution is 5.81. The standard InChI is InChI=1S/C10H12N8O2/c11-8-7-9(14-4-13-8)18(5-15-7)6-1-10(2-19,3-20-6)16-17-12/h4-6,19H,1-3H2,(H2,11,13,14)/t6-,10-/m0/s1. The molecule has 0 spiro atoms. The fourth-order valence-electron chi connectivity index (χ4n) is 2.26. The number of aliphatic hydroxyl groups is 1. The fourth-order valence-corrected chi connectivity index (χ4v) is 2.26. The summed E-state index contributed by atoms with van der Waals surface area (Å²) < 4.78 is 7.29. The van der Waals surface area contributed by atoms with Crippen LogP contribution in [-0.2, 0) is 4.74 Å². The number of imidazole rings is 1. The minimum Gasteiger partial charge on any atom is -0.396 e. The van der Waals surface area contributed by atoms with E-state index in [0.29, 0.717) is 17.6 Å². The van der Waals surface area contributed by atoms with Gasteiger partial charge < -0.3 is 15.6 Å². The van der Waals surface area contributed by atoms with Gasteiger partial charge in [-0.05, 0) is 5.53 Å². The molecule has 3 rings (SSSR count). The molecule has 20 heavy (non-hydrogen) atoms. The summed E-state index contributed by atoms with van der Waals surface area (Å²) in [5, 5.41) is 13.1. The van der Waals surface area contributed by atoms with Crippen molar-refractivity contribution in [3.63, 3.8) is 0 Å². The Kier molecular flexibility index (Phi) is 2.90. The molecule has 0 aliphatic carbocycles. The molecule has 3 N–H and O–H groups in total. The van der Waals surface area contributed by atoms with Crippen LogP contribution in [0.4, 0.5) is 5.82 Å². The number of azide groups is 1. The quantitative estimate of drug-likeness (QED) is 0.470. The van der Waals surface area contributed by atoms with Gasteiger partial charge in [0.2, 0.25) is 0 Å². The summed E-state index contributed by atoms with van der Waals surface area (Å²) in [6, 6.07) is 0. The Morgan fingerprint density at radius 3 is 3.20 bits per heavy atom. The summed E-state index contributed by atoms with van der Waals surface area (Å²) in [6.07, 6.45) is 2.80. The molecule has 104 valence electrons. The van der Waals surface area contributed by atoms with Crippen LogP contribution in [0.5, 0.6) is 0 Å². The van der Waals surface area contributed by atoms with Gasteiger partial charge in [0.1, 0.15) is 18.1 Å². The van der Waals surface area contributed by atoms with Crippen molar-refractivity contribution in [2.75, 3.05) is 18.9 Å². The number of ether oxygens (including phenoxy) is 1. The van der Waals surface area contributed by atoms with E-state index in [9.17, 15) is 5.11 Å². The number of anilines is 1. The lowest BCUT2D eigenvalue weighted by Gasteiger charge is -2.17. The van der Waals surface area contributed by atoms with E-state index in [1.807, 2.05) is 0 Å². The molecule has 1 aliphatic heterocycles. The molecule has 0 saturated carbocycles. The van der Waals surface area contributed by atoms with E-state index >= 15 is 0 Å². The van der Waals surface area contributed by atoms with Gasteiger partial charge in [-0.3, -0.25) is 4.57 Å². The minimum absolute atomic E-state index is 0.137. The third-order valence-electron chi connectivity index (χ3n) is 3.35. The number of hydrogen-bond acceptors (Lipinski definition) is 7. The van der Waals surface area contributed by atoms with E-state index in [1.165, 1.54) is 6.33 Å². The molecule has 0 bridgehead atoms. The van der Waals surface area contributed by atoms with E-state index in [1.54, 1.807) is 10.9 Å². The minimum atomic E-state index is -0.950. The van der Waals surface area contributed by atoms with Gasteiger partial charge in [0.05, 0.1) is 25.1 Å². The maximum Gasteiger partial charge on any atom is 0.167 e. The van der Waals surface area contributed by atoms with Crippen LogP contribution >= 0.6 is 0 Å². The molecule has 2 aromatic rings. The molecule has 10 nitrogen and oxygen atoms in total. The Bertz CT molecular complexity index is 694. The molecule has 1 saturated heterocycles. The van der Waals surface area contributed by atoms with Crippen LogP contribution in [0.1, 0.15) is 12.6 Å². The van der Waals surface area contributed by atoms with Gasteiger partial charge in [-0.2, -0.15) is 0 Å². The van der Waals surface area contributed by atoms with E-state index in [2.05, 4.69) is 25.0 Å². The Balaban J connectivity index is 1.98. The van der Waals surface area contributed by atoms with Crippen LogP contribution in [0.3, 0.4) is 0 Å². The van der Waals surface area contributed by atoms with Gasteiger partial charge in [0.25, 0.3) is 0 Å². The summed E-state index contributed by atoms with van der Waals surface area (Å²) >= 11 is 0. The first-order chi connectivity index (χ1) is 9.69. The lowest BCUT2D eigenvalue weighted by molar-refractivity contribution is 0.0530. The van der Waals surface area contributed by atoms with Gasteiger partial charge in [-0.15, -0.1) is 0 Å². The number of aromatic nitrogens is 4. The largest absolute Gasteiger partial charge is 0.396 e. The van der Waals surface area contributed by atoms with Crippen molar-refractivity contribution in [2.45, 2.75) is 18.2 Å². The number of nitrogens with zero attached hydrogens (tertiary/aromatic N) is 7. The first-order valence-corrected chi connectivity index (χ1v) is 5.91. The lowest BCUT2D eigenvalue weighted by Crippen LogP contribution is -2.30.